The number of hydrogen-bond acceptors (Lipinski definition) is 3. The number of rotatable bonds is 4. The van der Waals surface area contributed by atoms with Crippen LogP contribution in [-0.2, 0) is 11.2 Å². The highest BCUT2D eigenvalue weighted by molar-refractivity contribution is 14.1. The highest BCUT2D eigenvalue weighted by atomic mass is 127. The second kappa shape index (κ2) is 6.07. The third kappa shape index (κ3) is 2.56. The Bertz CT molecular complexity index is 967. The Balaban J connectivity index is 1.83. The van der Waals surface area contributed by atoms with Crippen molar-refractivity contribution in [3.8, 4) is 0 Å². The van der Waals surface area contributed by atoms with Crippen molar-refractivity contribution in [3.63, 3.8) is 0 Å². The van der Waals surface area contributed by atoms with Gasteiger partial charge in [0.2, 0.25) is 0 Å². The van der Waals surface area contributed by atoms with E-state index in [0.29, 0.717) is 0 Å². The molecule has 2 aromatic heterocycles. The van der Waals surface area contributed by atoms with E-state index in [2.05, 4.69) is 59.0 Å². The first-order valence-electron chi connectivity index (χ1n) is 7.28. The summed E-state index contributed by atoms with van der Waals surface area (Å²) in [5.41, 5.74) is 1.41. The maximum absolute atomic E-state index is 5.15. The zero-order valence-corrected chi connectivity index (χ0v) is 16.0. The fourth-order valence-electron chi connectivity index (χ4n) is 2.85. The molecule has 0 aliphatic heterocycles. The Labute approximate surface area is 151 Å². The van der Waals surface area contributed by atoms with Crippen LogP contribution in [0.2, 0.25) is 0 Å². The number of thiophene rings is 2. The summed E-state index contributed by atoms with van der Waals surface area (Å²) >= 11 is 6.25. The highest BCUT2D eigenvalue weighted by Crippen LogP contribution is 2.44. The fraction of sp³-hybridized carbons (Fsp3) is 0.222. The molecule has 0 atom stereocenters. The minimum Gasteiger partial charge on any atom is -0.385 e. The van der Waals surface area contributed by atoms with E-state index in [4.69, 9.17) is 4.74 Å². The summed E-state index contributed by atoms with van der Waals surface area (Å²) < 4.78 is 12.2. The largest absolute Gasteiger partial charge is 0.385 e. The van der Waals surface area contributed by atoms with Crippen LogP contribution in [0.3, 0.4) is 0 Å². The summed E-state index contributed by atoms with van der Waals surface area (Å²) in [4.78, 5) is 0. The number of fused-ring (bicyclic) bond motifs is 5. The second-order valence-corrected chi connectivity index (χ2v) is 8.78. The van der Waals surface area contributed by atoms with Crippen molar-refractivity contribution in [2.24, 2.45) is 0 Å². The molecule has 4 heteroatoms. The maximum Gasteiger partial charge on any atom is 0.0542 e. The Morgan fingerprint density at radius 1 is 0.955 bits per heavy atom. The summed E-state index contributed by atoms with van der Waals surface area (Å²) in [6.07, 6.45) is 2.18. The van der Waals surface area contributed by atoms with Gasteiger partial charge in [0, 0.05) is 37.5 Å². The average Bonchev–Trinajstić information content (AvgIpc) is 3.02. The summed E-state index contributed by atoms with van der Waals surface area (Å²) in [6.45, 7) is 0.834. The quantitative estimate of drug-likeness (QED) is 0.263. The molecule has 0 aliphatic carbocycles. The first-order valence-corrected chi connectivity index (χ1v) is 9.99. The monoisotopic (exact) mass is 438 g/mol. The van der Waals surface area contributed by atoms with Crippen LogP contribution in [0.1, 0.15) is 12.0 Å². The molecule has 1 nitrogen and oxygen atoms in total. The van der Waals surface area contributed by atoms with Crippen LogP contribution in [0.15, 0.2) is 36.4 Å². The van der Waals surface area contributed by atoms with E-state index in [1.165, 1.54) is 38.7 Å². The molecule has 2 heterocycles. The summed E-state index contributed by atoms with van der Waals surface area (Å²) in [7, 11) is 1.77. The Morgan fingerprint density at radius 2 is 1.64 bits per heavy atom. The van der Waals surface area contributed by atoms with Gasteiger partial charge in [0.15, 0.2) is 0 Å². The fourth-order valence-corrected chi connectivity index (χ4v) is 6.31. The molecule has 0 spiro atoms. The number of methoxy groups -OCH3 is 1. The van der Waals surface area contributed by atoms with Gasteiger partial charge in [-0.05, 0) is 59.2 Å². The van der Waals surface area contributed by atoms with Gasteiger partial charge >= 0.3 is 0 Å². The number of halogens is 1. The zero-order valence-electron chi connectivity index (χ0n) is 12.2. The van der Waals surface area contributed by atoms with E-state index >= 15 is 0 Å². The maximum atomic E-state index is 5.15. The van der Waals surface area contributed by atoms with Crippen LogP contribution in [0, 0.1) is 3.57 Å². The summed E-state index contributed by atoms with van der Waals surface area (Å²) in [6, 6.07) is 13.7. The van der Waals surface area contributed by atoms with Crippen molar-refractivity contribution >= 4 is 74.8 Å². The zero-order chi connectivity index (χ0) is 15.1. The highest BCUT2D eigenvalue weighted by Gasteiger charge is 2.12. The normalized spacial score (nSPS) is 11.9. The van der Waals surface area contributed by atoms with Gasteiger partial charge in [-0.1, -0.05) is 18.2 Å². The third-order valence-electron chi connectivity index (χ3n) is 3.92. The minimum absolute atomic E-state index is 0.834. The molecule has 0 unspecified atom stereocenters. The molecule has 0 radical (unpaired) electrons. The van der Waals surface area contributed by atoms with Gasteiger partial charge < -0.3 is 4.74 Å². The summed E-state index contributed by atoms with van der Waals surface area (Å²) in [5.74, 6) is 0. The molecule has 4 rings (SSSR count). The van der Waals surface area contributed by atoms with Gasteiger partial charge in [0.1, 0.15) is 0 Å². The first kappa shape index (κ1) is 14.9. The lowest BCUT2D eigenvalue weighted by Crippen LogP contribution is -1.91. The number of benzene rings is 2. The molecular weight excluding hydrogens is 423 g/mol. The Morgan fingerprint density at radius 3 is 2.36 bits per heavy atom. The topological polar surface area (TPSA) is 9.23 Å². The van der Waals surface area contributed by atoms with E-state index in [1.807, 2.05) is 22.7 Å². The molecule has 0 fully saturated rings. The number of aryl methyl sites for hydroxylation is 1. The molecule has 0 aliphatic rings. The Hall–Kier alpha value is -0.690. The standard InChI is InChI=1S/C18H15IOS2/c1-20-8-2-3-11-4-6-13-15(9-11)21-18-14-7-5-12(19)10-16(14)22-17(13)18/h4-7,9-10H,2-3,8H2,1H3. The molecule has 22 heavy (non-hydrogen) atoms. The smallest absolute Gasteiger partial charge is 0.0542 e. The lowest BCUT2D eigenvalue weighted by molar-refractivity contribution is 0.195. The predicted octanol–water partition coefficient (Wildman–Crippen LogP) is 6.45. The van der Waals surface area contributed by atoms with Gasteiger partial charge in [-0.25, -0.2) is 0 Å². The lowest BCUT2D eigenvalue weighted by atomic mass is 10.1. The molecule has 0 N–H and O–H groups in total. The molecule has 0 amide bonds. The predicted molar refractivity (Wildman–Crippen MR) is 108 cm³/mol. The van der Waals surface area contributed by atoms with Crippen molar-refractivity contribution in [3.05, 3.63) is 45.5 Å². The number of hydrogen-bond donors (Lipinski definition) is 0. The SMILES string of the molecule is COCCCc1ccc2c(c1)sc1c3ccc(I)cc3sc21. The van der Waals surface area contributed by atoms with E-state index in [-0.39, 0.29) is 0 Å². The molecule has 0 saturated heterocycles. The van der Waals surface area contributed by atoms with Crippen molar-refractivity contribution < 1.29 is 4.74 Å². The van der Waals surface area contributed by atoms with Crippen molar-refractivity contribution in [1.82, 2.24) is 0 Å². The first-order chi connectivity index (χ1) is 10.8. The van der Waals surface area contributed by atoms with Crippen LogP contribution >= 0.6 is 45.3 Å². The molecular formula is C18H15IOS2. The van der Waals surface area contributed by atoms with Gasteiger partial charge in [0.25, 0.3) is 0 Å². The van der Waals surface area contributed by atoms with Crippen molar-refractivity contribution in [1.29, 1.82) is 0 Å². The van der Waals surface area contributed by atoms with Crippen molar-refractivity contribution in [2.75, 3.05) is 13.7 Å². The van der Waals surface area contributed by atoms with Gasteiger partial charge in [0.05, 0.1) is 9.40 Å². The van der Waals surface area contributed by atoms with E-state index in [0.717, 1.165) is 19.4 Å². The van der Waals surface area contributed by atoms with Gasteiger partial charge in [-0.2, -0.15) is 0 Å². The second-order valence-electron chi connectivity index (χ2n) is 5.43. The summed E-state index contributed by atoms with van der Waals surface area (Å²) in [5, 5.41) is 2.81. The van der Waals surface area contributed by atoms with Crippen LogP contribution in [-0.4, -0.2) is 13.7 Å². The average molecular weight is 438 g/mol. The van der Waals surface area contributed by atoms with Gasteiger partial charge in [-0.15, -0.1) is 22.7 Å². The van der Waals surface area contributed by atoms with Crippen LogP contribution in [0.25, 0.3) is 29.6 Å². The van der Waals surface area contributed by atoms with E-state index in [9.17, 15) is 0 Å². The third-order valence-corrected chi connectivity index (χ3v) is 7.09. The molecule has 112 valence electrons. The van der Waals surface area contributed by atoms with Crippen LogP contribution in [0.4, 0.5) is 0 Å². The lowest BCUT2D eigenvalue weighted by Gasteiger charge is -2.01. The molecule has 2 aromatic carbocycles. The minimum atomic E-state index is 0.834. The van der Waals surface area contributed by atoms with Crippen molar-refractivity contribution in [2.45, 2.75) is 12.8 Å². The molecule has 0 bridgehead atoms. The van der Waals surface area contributed by atoms with E-state index < -0.39 is 0 Å². The van der Waals surface area contributed by atoms with Crippen LogP contribution in [0.5, 0.6) is 0 Å². The van der Waals surface area contributed by atoms with Gasteiger partial charge in [-0.3, -0.25) is 0 Å². The number of ether oxygens (including phenoxy) is 1. The molecule has 4 aromatic rings. The molecule has 0 saturated carbocycles. The Kier molecular flexibility index (Phi) is 4.11. The van der Waals surface area contributed by atoms with E-state index in [1.54, 1.807) is 7.11 Å². The van der Waals surface area contributed by atoms with Crippen LogP contribution < -0.4 is 0 Å².